The minimum Gasteiger partial charge on any atom is -0.481 e. The van der Waals surface area contributed by atoms with Crippen LogP contribution in [0, 0.1) is 0 Å². The molecule has 0 bridgehead atoms. The van der Waals surface area contributed by atoms with Crippen LogP contribution in [0.5, 0.6) is 0 Å². The van der Waals surface area contributed by atoms with Crippen molar-refractivity contribution in [3.8, 4) is 0 Å². The fourth-order valence-corrected chi connectivity index (χ4v) is 8.41. The van der Waals surface area contributed by atoms with Crippen LogP contribution in [0.1, 0.15) is 84.5 Å². The van der Waals surface area contributed by atoms with E-state index < -0.39 is 14.3 Å². The van der Waals surface area contributed by atoms with Crippen molar-refractivity contribution in [3.63, 3.8) is 0 Å². The van der Waals surface area contributed by atoms with Crippen molar-refractivity contribution in [1.29, 1.82) is 0 Å². The number of allylic oxidation sites excluding steroid dienone is 2. The first kappa shape index (κ1) is 27.1. The van der Waals surface area contributed by atoms with E-state index in [1.54, 1.807) is 0 Å². The average molecular weight is 467 g/mol. The van der Waals surface area contributed by atoms with Gasteiger partial charge in [0.2, 0.25) is 0 Å². The Kier molecular flexibility index (Phi) is 11.6. The van der Waals surface area contributed by atoms with Crippen molar-refractivity contribution in [2.24, 2.45) is 0 Å². The SMILES string of the molecule is CC(C)(CCCCC/C=C\CCCCCCC(=O)O)[Si](O)(c1ccccc1)c1ccccc1. The van der Waals surface area contributed by atoms with Crippen LogP contribution in [0.3, 0.4) is 0 Å². The lowest BCUT2D eigenvalue weighted by Gasteiger charge is -2.41. The molecule has 4 heteroatoms. The van der Waals surface area contributed by atoms with E-state index in [4.69, 9.17) is 5.11 Å². The lowest BCUT2D eigenvalue weighted by atomic mass is 10.0. The third kappa shape index (κ3) is 8.60. The Labute approximate surface area is 201 Å². The van der Waals surface area contributed by atoms with Crippen LogP contribution in [0.25, 0.3) is 0 Å². The normalized spacial score (nSPS) is 12.3. The summed E-state index contributed by atoms with van der Waals surface area (Å²) in [5.41, 5.74) is 0. The molecule has 0 unspecified atom stereocenters. The summed E-state index contributed by atoms with van der Waals surface area (Å²) in [7, 11) is -2.88. The largest absolute Gasteiger partial charge is 0.481 e. The second-order valence-corrected chi connectivity index (χ2v) is 13.7. The Hall–Kier alpha value is -2.17. The zero-order chi connectivity index (χ0) is 24.0. The van der Waals surface area contributed by atoms with E-state index in [0.717, 1.165) is 61.7 Å². The van der Waals surface area contributed by atoms with Gasteiger partial charge in [0.05, 0.1) is 0 Å². The number of unbranched alkanes of at least 4 members (excludes halogenated alkanes) is 7. The molecular formula is C29H42O3Si. The lowest BCUT2D eigenvalue weighted by Crippen LogP contribution is -2.65. The highest BCUT2D eigenvalue weighted by atomic mass is 28.4. The van der Waals surface area contributed by atoms with Crippen LogP contribution < -0.4 is 10.4 Å². The quantitative estimate of drug-likeness (QED) is 0.170. The molecule has 2 rings (SSSR count). The summed E-state index contributed by atoms with van der Waals surface area (Å²) in [6, 6.07) is 20.6. The molecule has 180 valence electrons. The van der Waals surface area contributed by atoms with Gasteiger partial charge in [0.25, 0.3) is 8.32 Å². The molecule has 0 spiro atoms. The summed E-state index contributed by atoms with van der Waals surface area (Å²) < 4.78 is 0. The van der Waals surface area contributed by atoms with E-state index in [1.165, 1.54) is 12.8 Å². The van der Waals surface area contributed by atoms with Crippen molar-refractivity contribution in [2.45, 2.75) is 89.5 Å². The minimum absolute atomic E-state index is 0.161. The van der Waals surface area contributed by atoms with Gasteiger partial charge in [-0.3, -0.25) is 4.79 Å². The molecule has 0 amide bonds. The third-order valence-electron chi connectivity index (χ3n) is 6.71. The van der Waals surface area contributed by atoms with E-state index in [2.05, 4.69) is 50.3 Å². The van der Waals surface area contributed by atoms with Crippen molar-refractivity contribution in [3.05, 3.63) is 72.8 Å². The third-order valence-corrected chi connectivity index (χ3v) is 11.3. The standard InChI is InChI=1S/C29H42O3Si/c1-29(2,25-19-11-9-7-5-3-4-6-8-10-18-24-28(30)31)33(32,26-20-14-12-15-21-26)27-22-16-13-17-23-27/h3,5,12-17,20-23,32H,4,6-11,18-19,24-25H2,1-2H3,(H,30,31)/b5-3-. The van der Waals surface area contributed by atoms with E-state index in [0.29, 0.717) is 6.42 Å². The summed E-state index contributed by atoms with van der Waals surface area (Å²) in [6.07, 6.45) is 15.6. The van der Waals surface area contributed by atoms with E-state index in [9.17, 15) is 9.59 Å². The van der Waals surface area contributed by atoms with Gasteiger partial charge in [-0.2, -0.15) is 0 Å². The van der Waals surface area contributed by atoms with Crippen LogP contribution in [0.4, 0.5) is 0 Å². The van der Waals surface area contributed by atoms with Crippen LogP contribution in [-0.2, 0) is 4.79 Å². The Morgan fingerprint density at radius 2 is 1.21 bits per heavy atom. The van der Waals surface area contributed by atoms with Gasteiger partial charge >= 0.3 is 5.97 Å². The Bertz CT molecular complexity index is 791. The molecule has 0 fully saturated rings. The molecular weight excluding hydrogens is 424 g/mol. The Morgan fingerprint density at radius 3 is 1.70 bits per heavy atom. The fourth-order valence-electron chi connectivity index (χ4n) is 4.62. The highest BCUT2D eigenvalue weighted by Gasteiger charge is 2.49. The maximum atomic E-state index is 12.2. The van der Waals surface area contributed by atoms with Crippen molar-refractivity contribution in [2.75, 3.05) is 0 Å². The summed E-state index contributed by atoms with van der Waals surface area (Å²) in [5, 5.41) is 10.7. The molecule has 0 saturated carbocycles. The molecule has 0 aromatic heterocycles. The molecule has 2 aromatic carbocycles. The first-order valence-electron chi connectivity index (χ1n) is 12.6. The summed E-state index contributed by atoms with van der Waals surface area (Å²) in [6.45, 7) is 4.49. The zero-order valence-corrected chi connectivity index (χ0v) is 21.5. The molecule has 0 radical (unpaired) electrons. The van der Waals surface area contributed by atoms with Gasteiger partial charge in [-0.15, -0.1) is 0 Å². The van der Waals surface area contributed by atoms with E-state index in [1.807, 2.05) is 36.4 Å². The minimum atomic E-state index is -2.88. The predicted octanol–water partition coefficient (Wildman–Crippen LogP) is 6.45. The molecule has 0 aliphatic rings. The van der Waals surface area contributed by atoms with Gasteiger partial charge in [0.15, 0.2) is 0 Å². The van der Waals surface area contributed by atoms with Crippen LogP contribution >= 0.6 is 0 Å². The van der Waals surface area contributed by atoms with Crippen LogP contribution in [-0.4, -0.2) is 24.2 Å². The number of benzene rings is 2. The van der Waals surface area contributed by atoms with Gasteiger partial charge in [-0.25, -0.2) is 0 Å². The van der Waals surface area contributed by atoms with E-state index >= 15 is 0 Å². The summed E-state index contributed by atoms with van der Waals surface area (Å²) in [4.78, 5) is 22.7. The molecule has 0 saturated heterocycles. The average Bonchev–Trinajstić information content (AvgIpc) is 2.82. The number of carboxylic acids is 1. The van der Waals surface area contributed by atoms with Gasteiger partial charge in [-0.1, -0.05) is 112 Å². The van der Waals surface area contributed by atoms with Gasteiger partial charge in [-0.05, 0) is 53.9 Å². The van der Waals surface area contributed by atoms with Crippen molar-refractivity contribution >= 4 is 24.7 Å². The first-order valence-corrected chi connectivity index (χ1v) is 14.5. The number of hydrogen-bond donors (Lipinski definition) is 2. The highest BCUT2D eigenvalue weighted by molar-refractivity contribution is 6.98. The smallest absolute Gasteiger partial charge is 0.303 e. The first-order chi connectivity index (χ1) is 15.9. The predicted molar refractivity (Wildman–Crippen MR) is 142 cm³/mol. The number of hydrogen-bond acceptors (Lipinski definition) is 2. The second-order valence-electron chi connectivity index (χ2n) is 9.74. The number of rotatable bonds is 16. The monoisotopic (exact) mass is 466 g/mol. The number of carboxylic acid groups (broad SMARTS) is 1. The maximum absolute atomic E-state index is 12.2. The lowest BCUT2D eigenvalue weighted by molar-refractivity contribution is -0.137. The van der Waals surface area contributed by atoms with Crippen LogP contribution in [0.2, 0.25) is 5.04 Å². The van der Waals surface area contributed by atoms with Gasteiger partial charge < -0.3 is 9.90 Å². The topological polar surface area (TPSA) is 57.5 Å². The molecule has 2 N–H and O–H groups in total. The van der Waals surface area contributed by atoms with Gasteiger partial charge in [0.1, 0.15) is 0 Å². The molecule has 0 atom stereocenters. The second kappa shape index (κ2) is 14.2. The zero-order valence-electron chi connectivity index (χ0n) is 20.5. The molecule has 2 aromatic rings. The van der Waals surface area contributed by atoms with Gasteiger partial charge in [0, 0.05) is 6.42 Å². The Morgan fingerprint density at radius 1 is 0.758 bits per heavy atom. The molecule has 3 nitrogen and oxygen atoms in total. The van der Waals surface area contributed by atoms with Crippen LogP contribution in [0.15, 0.2) is 72.8 Å². The van der Waals surface area contributed by atoms with E-state index in [-0.39, 0.29) is 5.04 Å². The number of aliphatic carboxylic acids is 1. The highest BCUT2D eigenvalue weighted by Crippen LogP contribution is 2.40. The summed E-state index contributed by atoms with van der Waals surface area (Å²) >= 11 is 0. The van der Waals surface area contributed by atoms with Crippen molar-refractivity contribution < 1.29 is 14.7 Å². The Balaban J connectivity index is 1.76. The molecule has 33 heavy (non-hydrogen) atoms. The molecule has 0 heterocycles. The molecule has 0 aliphatic carbocycles. The van der Waals surface area contributed by atoms with Crippen molar-refractivity contribution in [1.82, 2.24) is 0 Å². The molecule has 0 aliphatic heterocycles. The fraction of sp³-hybridized carbons (Fsp3) is 0.483. The maximum Gasteiger partial charge on any atom is 0.303 e. The summed E-state index contributed by atoms with van der Waals surface area (Å²) in [5.74, 6) is -0.689. The number of carbonyl (C=O) groups is 1.